The van der Waals surface area contributed by atoms with Gasteiger partial charge in [0.1, 0.15) is 0 Å². The summed E-state index contributed by atoms with van der Waals surface area (Å²) < 4.78 is 5.00. The first-order chi connectivity index (χ1) is 9.72. The summed E-state index contributed by atoms with van der Waals surface area (Å²) in [7, 11) is 1.60. The molecule has 0 bridgehead atoms. The lowest BCUT2D eigenvalue weighted by Crippen LogP contribution is -2.34. The molecule has 0 radical (unpaired) electrons. The lowest BCUT2D eigenvalue weighted by atomic mass is 10.1. The molecule has 1 amide bonds. The van der Waals surface area contributed by atoms with Gasteiger partial charge in [0.25, 0.3) is 5.91 Å². The lowest BCUT2D eigenvalue weighted by Gasteiger charge is -2.21. The molecule has 5 nitrogen and oxygen atoms in total. The summed E-state index contributed by atoms with van der Waals surface area (Å²) in [6.07, 6.45) is 0.324. The zero-order chi connectivity index (χ0) is 14.8. The zero-order valence-electron chi connectivity index (χ0n) is 12.1. The SMILES string of the molecule is CCNc1ccc(C(=O)N(CCC#N)CCOC)cc1. The molecule has 0 aromatic heterocycles. The molecule has 108 valence electrons. The van der Waals surface area contributed by atoms with E-state index in [1.165, 1.54) is 0 Å². The monoisotopic (exact) mass is 275 g/mol. The minimum atomic E-state index is -0.0691. The Balaban J connectivity index is 2.74. The van der Waals surface area contributed by atoms with Crippen molar-refractivity contribution in [3.05, 3.63) is 29.8 Å². The summed E-state index contributed by atoms with van der Waals surface area (Å²) in [5.41, 5.74) is 1.62. The maximum Gasteiger partial charge on any atom is 0.253 e. The molecular formula is C15H21N3O2. The number of nitriles is 1. The van der Waals surface area contributed by atoms with E-state index in [1.54, 1.807) is 24.1 Å². The topological polar surface area (TPSA) is 65.4 Å². The van der Waals surface area contributed by atoms with E-state index >= 15 is 0 Å². The smallest absolute Gasteiger partial charge is 0.253 e. The Hall–Kier alpha value is -2.06. The van der Waals surface area contributed by atoms with Crippen LogP contribution in [0.3, 0.4) is 0 Å². The van der Waals surface area contributed by atoms with Crippen LogP contribution in [0.4, 0.5) is 5.69 Å². The van der Waals surface area contributed by atoms with Gasteiger partial charge in [-0.1, -0.05) is 0 Å². The third-order valence-electron chi connectivity index (χ3n) is 2.86. The number of amides is 1. The van der Waals surface area contributed by atoms with Gasteiger partial charge in [-0.15, -0.1) is 0 Å². The van der Waals surface area contributed by atoms with E-state index in [2.05, 4.69) is 11.4 Å². The van der Waals surface area contributed by atoms with Crippen LogP contribution in [-0.4, -0.2) is 44.2 Å². The second-order valence-electron chi connectivity index (χ2n) is 4.30. The maximum atomic E-state index is 12.4. The first-order valence-corrected chi connectivity index (χ1v) is 6.72. The second kappa shape index (κ2) is 8.94. The van der Waals surface area contributed by atoms with Crippen LogP contribution >= 0.6 is 0 Å². The zero-order valence-corrected chi connectivity index (χ0v) is 12.1. The molecule has 0 unspecified atom stereocenters. The highest BCUT2D eigenvalue weighted by Crippen LogP contribution is 2.11. The number of hydrogen-bond acceptors (Lipinski definition) is 4. The fraction of sp³-hybridized carbons (Fsp3) is 0.467. The highest BCUT2D eigenvalue weighted by Gasteiger charge is 2.15. The molecule has 1 rings (SSSR count). The molecule has 1 aromatic carbocycles. The number of carbonyl (C=O) groups excluding carboxylic acids is 1. The van der Waals surface area contributed by atoms with E-state index in [0.29, 0.717) is 31.7 Å². The van der Waals surface area contributed by atoms with E-state index < -0.39 is 0 Å². The molecule has 0 heterocycles. The van der Waals surface area contributed by atoms with Crippen molar-refractivity contribution < 1.29 is 9.53 Å². The van der Waals surface area contributed by atoms with Crippen LogP contribution in [0, 0.1) is 11.3 Å². The van der Waals surface area contributed by atoms with E-state index in [4.69, 9.17) is 10.00 Å². The maximum absolute atomic E-state index is 12.4. The number of methoxy groups -OCH3 is 1. The van der Waals surface area contributed by atoms with Crippen molar-refractivity contribution in [2.45, 2.75) is 13.3 Å². The number of rotatable bonds is 8. The van der Waals surface area contributed by atoms with Gasteiger partial charge in [-0.25, -0.2) is 0 Å². The predicted octanol–water partition coefficient (Wildman–Crippen LogP) is 2.12. The molecule has 0 aliphatic carbocycles. The third-order valence-corrected chi connectivity index (χ3v) is 2.86. The third kappa shape index (κ3) is 4.90. The summed E-state index contributed by atoms with van der Waals surface area (Å²) in [6.45, 7) is 4.25. The number of nitrogens with zero attached hydrogens (tertiary/aromatic N) is 2. The van der Waals surface area contributed by atoms with Gasteiger partial charge in [-0.05, 0) is 31.2 Å². The van der Waals surface area contributed by atoms with Gasteiger partial charge in [-0.2, -0.15) is 5.26 Å². The van der Waals surface area contributed by atoms with Crippen LogP contribution in [-0.2, 0) is 4.74 Å². The molecule has 0 aliphatic rings. The average Bonchev–Trinajstić information content (AvgIpc) is 2.48. The molecule has 0 fully saturated rings. The molecule has 0 atom stereocenters. The Labute approximate surface area is 120 Å². The fourth-order valence-electron chi connectivity index (χ4n) is 1.82. The summed E-state index contributed by atoms with van der Waals surface area (Å²) in [5, 5.41) is 11.8. The van der Waals surface area contributed by atoms with Gasteiger partial charge in [0.2, 0.25) is 0 Å². The largest absolute Gasteiger partial charge is 0.385 e. The van der Waals surface area contributed by atoms with E-state index in [9.17, 15) is 4.79 Å². The molecule has 0 saturated carbocycles. The average molecular weight is 275 g/mol. The van der Waals surface area contributed by atoms with Gasteiger partial charge in [0, 0.05) is 38.0 Å². The molecule has 0 spiro atoms. The fourth-order valence-corrected chi connectivity index (χ4v) is 1.82. The minimum Gasteiger partial charge on any atom is -0.385 e. The van der Waals surface area contributed by atoms with Crippen LogP contribution < -0.4 is 5.32 Å². The van der Waals surface area contributed by atoms with E-state index in [0.717, 1.165) is 12.2 Å². The summed E-state index contributed by atoms with van der Waals surface area (Å²) in [5.74, 6) is -0.0691. The van der Waals surface area contributed by atoms with Crippen molar-refractivity contribution in [2.24, 2.45) is 0 Å². The summed E-state index contributed by atoms with van der Waals surface area (Å²) >= 11 is 0. The van der Waals surface area contributed by atoms with E-state index in [-0.39, 0.29) is 5.91 Å². The Kier molecular flexibility index (Phi) is 7.15. The highest BCUT2D eigenvalue weighted by atomic mass is 16.5. The molecule has 0 aliphatic heterocycles. The van der Waals surface area contributed by atoms with Crippen molar-refractivity contribution >= 4 is 11.6 Å². The van der Waals surface area contributed by atoms with Crippen molar-refractivity contribution in [2.75, 3.05) is 38.7 Å². The molecule has 1 aromatic rings. The van der Waals surface area contributed by atoms with Crippen molar-refractivity contribution in [3.63, 3.8) is 0 Å². The highest BCUT2D eigenvalue weighted by molar-refractivity contribution is 5.94. The van der Waals surface area contributed by atoms with Crippen molar-refractivity contribution in [1.29, 1.82) is 5.26 Å². The summed E-state index contributed by atoms with van der Waals surface area (Å²) in [4.78, 5) is 14.0. The Morgan fingerprint density at radius 3 is 2.60 bits per heavy atom. The van der Waals surface area contributed by atoms with Crippen LogP contribution in [0.15, 0.2) is 24.3 Å². The lowest BCUT2D eigenvalue weighted by molar-refractivity contribution is 0.0700. The first kappa shape index (κ1) is 16.0. The van der Waals surface area contributed by atoms with Gasteiger partial charge in [0.15, 0.2) is 0 Å². The standard InChI is InChI=1S/C15H21N3O2/c1-3-17-14-7-5-13(6-8-14)15(19)18(10-4-9-16)11-12-20-2/h5-8,17H,3-4,10-12H2,1-2H3. The Bertz CT molecular complexity index is 451. The van der Waals surface area contributed by atoms with Crippen LogP contribution in [0.2, 0.25) is 0 Å². The van der Waals surface area contributed by atoms with Crippen molar-refractivity contribution in [1.82, 2.24) is 4.90 Å². The Morgan fingerprint density at radius 2 is 2.05 bits per heavy atom. The molecule has 0 saturated heterocycles. The number of carbonyl (C=O) groups is 1. The van der Waals surface area contributed by atoms with Gasteiger partial charge >= 0.3 is 0 Å². The van der Waals surface area contributed by atoms with E-state index in [1.807, 2.05) is 19.1 Å². The summed E-state index contributed by atoms with van der Waals surface area (Å²) in [6, 6.07) is 9.43. The quantitative estimate of drug-likeness (QED) is 0.789. The first-order valence-electron chi connectivity index (χ1n) is 6.72. The Morgan fingerprint density at radius 1 is 1.35 bits per heavy atom. The minimum absolute atomic E-state index is 0.0691. The van der Waals surface area contributed by atoms with Gasteiger partial charge in [0.05, 0.1) is 19.1 Å². The van der Waals surface area contributed by atoms with Gasteiger partial charge in [-0.3, -0.25) is 4.79 Å². The number of hydrogen-bond donors (Lipinski definition) is 1. The van der Waals surface area contributed by atoms with Crippen molar-refractivity contribution in [3.8, 4) is 6.07 Å². The number of anilines is 1. The number of nitrogens with one attached hydrogen (secondary N) is 1. The number of ether oxygens (including phenoxy) is 1. The molecule has 20 heavy (non-hydrogen) atoms. The molecule has 1 N–H and O–H groups in total. The van der Waals surface area contributed by atoms with Crippen LogP contribution in [0.1, 0.15) is 23.7 Å². The predicted molar refractivity (Wildman–Crippen MR) is 78.6 cm³/mol. The number of benzene rings is 1. The molecule has 5 heteroatoms. The van der Waals surface area contributed by atoms with Crippen LogP contribution in [0.25, 0.3) is 0 Å². The van der Waals surface area contributed by atoms with Crippen LogP contribution in [0.5, 0.6) is 0 Å². The molecular weight excluding hydrogens is 254 g/mol. The normalized spacial score (nSPS) is 9.85. The second-order valence-corrected chi connectivity index (χ2v) is 4.30. The van der Waals surface area contributed by atoms with Gasteiger partial charge < -0.3 is 15.0 Å².